The summed E-state index contributed by atoms with van der Waals surface area (Å²) in [5.74, 6) is 0.736. The summed E-state index contributed by atoms with van der Waals surface area (Å²) in [7, 11) is 1.64. The van der Waals surface area contributed by atoms with Crippen molar-refractivity contribution in [2.45, 2.75) is 18.7 Å². The monoisotopic (exact) mass is 378 g/mol. The minimum Gasteiger partial charge on any atom is -0.495 e. The molecule has 0 saturated heterocycles. The van der Waals surface area contributed by atoms with Gasteiger partial charge < -0.3 is 4.74 Å². The Bertz CT molecular complexity index is 583. The van der Waals surface area contributed by atoms with Crippen LogP contribution in [0.5, 0.6) is 5.75 Å². The van der Waals surface area contributed by atoms with Gasteiger partial charge in [0.25, 0.3) is 0 Å². The summed E-state index contributed by atoms with van der Waals surface area (Å²) in [6.45, 7) is 2.13. The number of methoxy groups -OCH3 is 1. The quantitative estimate of drug-likeness (QED) is 0.586. The summed E-state index contributed by atoms with van der Waals surface area (Å²) < 4.78 is 6.26. The molecule has 1 aromatic carbocycles. The van der Waals surface area contributed by atoms with E-state index in [4.69, 9.17) is 27.9 Å². The highest BCUT2D eigenvalue weighted by Gasteiger charge is 2.21. The van der Waals surface area contributed by atoms with Gasteiger partial charge in [-0.05, 0) is 51.5 Å². The lowest BCUT2D eigenvalue weighted by Crippen LogP contribution is -1.99. The minimum absolute atomic E-state index is 0.250. The van der Waals surface area contributed by atoms with Gasteiger partial charge in [0.15, 0.2) is 0 Å². The van der Waals surface area contributed by atoms with Crippen molar-refractivity contribution >= 4 is 50.5 Å². The van der Waals surface area contributed by atoms with Crippen LogP contribution in [0.3, 0.4) is 0 Å². The van der Waals surface area contributed by atoms with Crippen LogP contribution in [-0.2, 0) is 6.42 Å². The summed E-state index contributed by atoms with van der Waals surface area (Å²) in [4.78, 5) is 1.15. The number of hydrogen-bond donors (Lipinski definition) is 0. The van der Waals surface area contributed by atoms with Gasteiger partial charge in [-0.3, -0.25) is 0 Å². The van der Waals surface area contributed by atoms with Crippen LogP contribution in [-0.4, -0.2) is 7.11 Å². The van der Waals surface area contributed by atoms with E-state index in [0.717, 1.165) is 27.1 Å². The molecule has 1 unspecified atom stereocenters. The molecule has 0 N–H and O–H groups in total. The molecule has 1 atom stereocenters. The summed E-state index contributed by atoms with van der Waals surface area (Å²) in [6.07, 6.45) is 0.964. The lowest BCUT2D eigenvalue weighted by molar-refractivity contribution is 0.407. The van der Waals surface area contributed by atoms with E-state index in [1.807, 2.05) is 12.1 Å². The van der Waals surface area contributed by atoms with Gasteiger partial charge >= 0.3 is 0 Å². The fourth-order valence-corrected chi connectivity index (χ4v) is 4.43. The third kappa shape index (κ3) is 3.10. The molecule has 0 saturated carbocycles. The first-order chi connectivity index (χ1) is 9.08. The van der Waals surface area contributed by atoms with Gasteiger partial charge in [-0.1, -0.05) is 18.5 Å². The van der Waals surface area contributed by atoms with Crippen LogP contribution < -0.4 is 4.74 Å². The van der Waals surface area contributed by atoms with Crippen LogP contribution >= 0.6 is 50.5 Å². The zero-order valence-corrected chi connectivity index (χ0v) is 14.5. The van der Waals surface area contributed by atoms with Crippen molar-refractivity contribution in [3.05, 3.63) is 49.1 Å². The predicted molar refractivity (Wildman–Crippen MR) is 87.1 cm³/mol. The fourth-order valence-electron chi connectivity index (χ4n) is 1.99. The molecule has 0 radical (unpaired) electrons. The van der Waals surface area contributed by atoms with E-state index in [2.05, 4.69) is 34.3 Å². The van der Waals surface area contributed by atoms with Crippen molar-refractivity contribution in [3.8, 4) is 5.75 Å². The molecule has 1 aromatic heterocycles. The molecule has 0 aliphatic heterocycles. The number of rotatable bonds is 4. The van der Waals surface area contributed by atoms with Crippen LogP contribution in [0, 0.1) is 0 Å². The summed E-state index contributed by atoms with van der Waals surface area (Å²) in [6, 6.07) is 5.78. The van der Waals surface area contributed by atoms with Gasteiger partial charge in [-0.15, -0.1) is 22.9 Å². The Morgan fingerprint density at radius 1 is 1.42 bits per heavy atom. The van der Waals surface area contributed by atoms with E-state index >= 15 is 0 Å². The molecule has 2 aromatic rings. The molecular formula is C14H13BrCl2OS. The number of thiophene rings is 1. The summed E-state index contributed by atoms with van der Waals surface area (Å²) in [5, 5.41) is 2.46. The molecule has 0 aliphatic carbocycles. The van der Waals surface area contributed by atoms with Crippen LogP contribution in [0.1, 0.15) is 28.3 Å². The Hall–Kier alpha value is -0.220. The third-order valence-corrected chi connectivity index (χ3v) is 5.32. The third-order valence-electron chi connectivity index (χ3n) is 2.91. The predicted octanol–water partition coefficient (Wildman–Crippen LogP) is 6.06. The average molecular weight is 380 g/mol. The lowest BCUT2D eigenvalue weighted by atomic mass is 10.1. The maximum atomic E-state index is 6.64. The number of hydrogen-bond acceptors (Lipinski definition) is 2. The van der Waals surface area contributed by atoms with Crippen molar-refractivity contribution in [2.24, 2.45) is 0 Å². The average Bonchev–Trinajstić information content (AvgIpc) is 2.85. The lowest BCUT2D eigenvalue weighted by Gasteiger charge is -2.16. The zero-order valence-electron chi connectivity index (χ0n) is 10.5. The second-order valence-corrected chi connectivity index (χ2v) is 6.71. The Balaban J connectivity index is 2.52. The molecule has 0 aliphatic rings. The Kier molecular flexibility index (Phi) is 5.18. The zero-order chi connectivity index (χ0) is 14.0. The van der Waals surface area contributed by atoms with Crippen molar-refractivity contribution in [2.75, 3.05) is 7.11 Å². The Labute approximate surface area is 135 Å². The molecule has 102 valence electrons. The van der Waals surface area contributed by atoms with Crippen LogP contribution in [0.15, 0.2) is 28.1 Å². The fraction of sp³-hybridized carbons (Fsp3) is 0.286. The van der Waals surface area contributed by atoms with Gasteiger partial charge in [-0.2, -0.15) is 0 Å². The van der Waals surface area contributed by atoms with E-state index in [-0.39, 0.29) is 5.38 Å². The number of alkyl halides is 1. The van der Waals surface area contributed by atoms with Crippen LogP contribution in [0.25, 0.3) is 0 Å². The molecule has 1 nitrogen and oxygen atoms in total. The molecular weight excluding hydrogens is 367 g/mol. The summed E-state index contributed by atoms with van der Waals surface area (Å²) in [5.41, 5.74) is 2.16. The molecule has 1 heterocycles. The standard InChI is InChI=1S/C14H13BrCl2OS/c1-3-8-4-5-19-14(8)12(17)10-6-9(16)7-11(15)13(10)18-2/h4-7,12H,3H2,1-2H3. The van der Waals surface area contributed by atoms with Gasteiger partial charge in [0.2, 0.25) is 0 Å². The maximum absolute atomic E-state index is 6.64. The number of halogens is 3. The highest BCUT2D eigenvalue weighted by molar-refractivity contribution is 9.10. The highest BCUT2D eigenvalue weighted by Crippen LogP contribution is 2.43. The number of aryl methyl sites for hydroxylation is 1. The first kappa shape index (κ1) is 15.2. The van der Waals surface area contributed by atoms with Crippen LogP contribution in [0.2, 0.25) is 5.02 Å². The Morgan fingerprint density at radius 2 is 2.16 bits per heavy atom. The van der Waals surface area contributed by atoms with Gasteiger partial charge in [0, 0.05) is 15.5 Å². The molecule has 19 heavy (non-hydrogen) atoms. The maximum Gasteiger partial charge on any atom is 0.138 e. The Morgan fingerprint density at radius 3 is 2.79 bits per heavy atom. The van der Waals surface area contributed by atoms with Gasteiger partial charge in [-0.25, -0.2) is 0 Å². The molecule has 2 rings (SSSR count). The minimum atomic E-state index is -0.250. The number of benzene rings is 1. The van der Waals surface area contributed by atoms with E-state index in [9.17, 15) is 0 Å². The second-order valence-electron chi connectivity index (χ2n) is 4.04. The molecule has 0 bridgehead atoms. The van der Waals surface area contributed by atoms with Gasteiger partial charge in [0.1, 0.15) is 5.75 Å². The molecule has 0 amide bonds. The van der Waals surface area contributed by atoms with Crippen LogP contribution in [0.4, 0.5) is 0 Å². The van der Waals surface area contributed by atoms with Crippen molar-refractivity contribution in [3.63, 3.8) is 0 Å². The van der Waals surface area contributed by atoms with E-state index < -0.39 is 0 Å². The van der Waals surface area contributed by atoms with Crippen molar-refractivity contribution in [1.82, 2.24) is 0 Å². The second kappa shape index (κ2) is 6.49. The summed E-state index contributed by atoms with van der Waals surface area (Å²) >= 11 is 17.9. The smallest absolute Gasteiger partial charge is 0.138 e. The normalized spacial score (nSPS) is 12.5. The van der Waals surface area contributed by atoms with E-state index in [0.29, 0.717) is 5.02 Å². The van der Waals surface area contributed by atoms with Crippen molar-refractivity contribution < 1.29 is 4.74 Å². The molecule has 0 fully saturated rings. The largest absolute Gasteiger partial charge is 0.495 e. The topological polar surface area (TPSA) is 9.23 Å². The number of ether oxygens (including phenoxy) is 1. The molecule has 5 heteroatoms. The van der Waals surface area contributed by atoms with E-state index in [1.54, 1.807) is 18.4 Å². The van der Waals surface area contributed by atoms with E-state index in [1.165, 1.54) is 5.56 Å². The highest BCUT2D eigenvalue weighted by atomic mass is 79.9. The first-order valence-corrected chi connectivity index (χ1v) is 8.30. The molecule has 0 spiro atoms. The van der Waals surface area contributed by atoms with Gasteiger partial charge in [0.05, 0.1) is 17.0 Å². The first-order valence-electron chi connectivity index (χ1n) is 5.81. The SMILES string of the molecule is CCc1ccsc1C(Cl)c1cc(Cl)cc(Br)c1OC. The van der Waals surface area contributed by atoms with Crippen molar-refractivity contribution in [1.29, 1.82) is 0 Å².